The van der Waals surface area contributed by atoms with Crippen LogP contribution >= 0.6 is 34.5 Å². The normalized spacial score (nSPS) is 10.7. The lowest BCUT2D eigenvalue weighted by atomic mass is 10.0. The number of nitrogens with one attached hydrogen (secondary N) is 1. The van der Waals surface area contributed by atoms with Gasteiger partial charge in [0, 0.05) is 16.0 Å². The molecule has 1 amide bonds. The SMILES string of the molecule is Cc1ccc(-c2ccc(OCC(=O)Nc3nc(-c4ccc(Cl)cc4Cl)cs3)cc2)cc1. The molecule has 0 fully saturated rings. The van der Waals surface area contributed by atoms with Crippen molar-refractivity contribution in [3.63, 3.8) is 0 Å². The smallest absolute Gasteiger partial charge is 0.264 e. The molecule has 1 heterocycles. The maximum absolute atomic E-state index is 12.3. The van der Waals surface area contributed by atoms with Gasteiger partial charge in [-0.1, -0.05) is 65.2 Å². The molecule has 156 valence electrons. The van der Waals surface area contributed by atoms with Gasteiger partial charge in [0.15, 0.2) is 11.7 Å². The van der Waals surface area contributed by atoms with Gasteiger partial charge in [-0.25, -0.2) is 4.98 Å². The summed E-state index contributed by atoms with van der Waals surface area (Å²) in [5.41, 5.74) is 4.88. The molecular formula is C24H18Cl2N2O2S. The fourth-order valence-electron chi connectivity index (χ4n) is 2.95. The number of ether oxygens (including phenoxy) is 1. The van der Waals surface area contributed by atoms with Gasteiger partial charge in [0.05, 0.1) is 10.7 Å². The van der Waals surface area contributed by atoms with E-state index in [0.717, 1.165) is 16.7 Å². The van der Waals surface area contributed by atoms with Crippen LogP contribution in [0.3, 0.4) is 0 Å². The number of hydrogen-bond acceptors (Lipinski definition) is 4. The second-order valence-electron chi connectivity index (χ2n) is 6.89. The predicted molar refractivity (Wildman–Crippen MR) is 128 cm³/mol. The first-order valence-electron chi connectivity index (χ1n) is 9.48. The van der Waals surface area contributed by atoms with Crippen LogP contribution in [0.5, 0.6) is 5.75 Å². The maximum atomic E-state index is 12.3. The zero-order chi connectivity index (χ0) is 21.8. The zero-order valence-corrected chi connectivity index (χ0v) is 18.9. The Morgan fingerprint density at radius 3 is 2.35 bits per heavy atom. The lowest BCUT2D eigenvalue weighted by molar-refractivity contribution is -0.118. The number of aryl methyl sites for hydroxylation is 1. The van der Waals surface area contributed by atoms with Gasteiger partial charge in [-0.3, -0.25) is 10.1 Å². The number of anilines is 1. The van der Waals surface area contributed by atoms with E-state index < -0.39 is 0 Å². The van der Waals surface area contributed by atoms with Crippen LogP contribution in [0.1, 0.15) is 5.56 Å². The molecule has 0 aliphatic carbocycles. The lowest BCUT2D eigenvalue weighted by Gasteiger charge is -2.07. The van der Waals surface area contributed by atoms with E-state index in [0.29, 0.717) is 26.6 Å². The van der Waals surface area contributed by atoms with Gasteiger partial charge in [0.2, 0.25) is 0 Å². The Labute approximate surface area is 194 Å². The molecule has 4 nitrogen and oxygen atoms in total. The first-order chi connectivity index (χ1) is 15.0. The highest BCUT2D eigenvalue weighted by molar-refractivity contribution is 7.14. The van der Waals surface area contributed by atoms with Crippen molar-refractivity contribution in [1.82, 2.24) is 4.98 Å². The van der Waals surface area contributed by atoms with Crippen molar-refractivity contribution in [2.24, 2.45) is 0 Å². The second-order valence-corrected chi connectivity index (χ2v) is 8.59. The minimum atomic E-state index is -0.286. The van der Waals surface area contributed by atoms with Crippen LogP contribution in [0, 0.1) is 6.92 Å². The monoisotopic (exact) mass is 468 g/mol. The topological polar surface area (TPSA) is 51.2 Å². The molecule has 0 atom stereocenters. The highest BCUT2D eigenvalue weighted by Crippen LogP contribution is 2.32. The summed E-state index contributed by atoms with van der Waals surface area (Å²) in [7, 11) is 0. The molecule has 0 aliphatic rings. The molecule has 0 saturated heterocycles. The number of aromatic nitrogens is 1. The minimum Gasteiger partial charge on any atom is -0.484 e. The Morgan fingerprint density at radius 2 is 1.68 bits per heavy atom. The van der Waals surface area contributed by atoms with E-state index in [2.05, 4.69) is 41.5 Å². The summed E-state index contributed by atoms with van der Waals surface area (Å²) in [5, 5.41) is 6.12. The van der Waals surface area contributed by atoms with Crippen LogP contribution in [0.15, 0.2) is 72.1 Å². The average Bonchev–Trinajstić information content (AvgIpc) is 3.21. The summed E-state index contributed by atoms with van der Waals surface area (Å²) in [5.74, 6) is 0.337. The molecule has 7 heteroatoms. The quantitative estimate of drug-likeness (QED) is 0.327. The number of halogens is 2. The van der Waals surface area contributed by atoms with E-state index in [-0.39, 0.29) is 12.5 Å². The van der Waals surface area contributed by atoms with Crippen molar-refractivity contribution < 1.29 is 9.53 Å². The number of carbonyl (C=O) groups excluding carboxylic acids is 1. The number of amides is 1. The summed E-state index contributed by atoms with van der Waals surface area (Å²) in [4.78, 5) is 16.7. The van der Waals surface area contributed by atoms with Crippen LogP contribution < -0.4 is 10.1 Å². The van der Waals surface area contributed by atoms with E-state index in [1.54, 1.807) is 18.2 Å². The van der Waals surface area contributed by atoms with Gasteiger partial charge in [0.1, 0.15) is 5.75 Å². The Hall–Kier alpha value is -2.86. The molecule has 4 aromatic rings. The van der Waals surface area contributed by atoms with E-state index in [4.69, 9.17) is 27.9 Å². The molecule has 31 heavy (non-hydrogen) atoms. The van der Waals surface area contributed by atoms with E-state index in [1.165, 1.54) is 16.9 Å². The van der Waals surface area contributed by atoms with Crippen molar-refractivity contribution in [2.75, 3.05) is 11.9 Å². The van der Waals surface area contributed by atoms with Crippen LogP contribution in [0.4, 0.5) is 5.13 Å². The average molecular weight is 469 g/mol. The minimum absolute atomic E-state index is 0.111. The molecular weight excluding hydrogens is 451 g/mol. The van der Waals surface area contributed by atoms with Crippen LogP contribution in [-0.2, 0) is 4.79 Å². The molecule has 3 aromatic carbocycles. The van der Waals surface area contributed by atoms with Gasteiger partial charge in [-0.05, 0) is 48.4 Å². The summed E-state index contributed by atoms with van der Waals surface area (Å²) in [6.07, 6.45) is 0. The summed E-state index contributed by atoms with van der Waals surface area (Å²) >= 11 is 13.5. The van der Waals surface area contributed by atoms with Crippen molar-refractivity contribution in [3.05, 3.63) is 87.7 Å². The molecule has 0 unspecified atom stereocenters. The van der Waals surface area contributed by atoms with Crippen molar-refractivity contribution in [1.29, 1.82) is 0 Å². The summed E-state index contributed by atoms with van der Waals surface area (Å²) in [6.45, 7) is 1.95. The Bertz CT molecular complexity index is 1210. The predicted octanol–water partition coefficient (Wildman–Crippen LogP) is 7.11. The highest BCUT2D eigenvalue weighted by atomic mass is 35.5. The van der Waals surface area contributed by atoms with E-state index >= 15 is 0 Å². The summed E-state index contributed by atoms with van der Waals surface area (Å²) < 4.78 is 5.60. The fraction of sp³-hybridized carbons (Fsp3) is 0.0833. The fourth-order valence-corrected chi connectivity index (χ4v) is 4.18. The third kappa shape index (κ3) is 5.44. The standard InChI is InChI=1S/C24H18Cl2N2O2S/c1-15-2-4-16(5-3-15)17-6-9-19(10-7-17)30-13-23(29)28-24-27-22(14-31-24)20-11-8-18(25)12-21(20)26/h2-12,14H,13H2,1H3,(H,27,28,29). The van der Waals surface area contributed by atoms with E-state index in [1.807, 2.05) is 29.6 Å². The van der Waals surface area contributed by atoms with Crippen molar-refractivity contribution in [2.45, 2.75) is 6.92 Å². The van der Waals surface area contributed by atoms with Crippen molar-refractivity contribution >= 4 is 45.6 Å². The number of benzene rings is 3. The van der Waals surface area contributed by atoms with Gasteiger partial charge in [0.25, 0.3) is 5.91 Å². The number of nitrogens with zero attached hydrogens (tertiary/aromatic N) is 1. The molecule has 0 radical (unpaired) electrons. The van der Waals surface area contributed by atoms with Gasteiger partial charge in [-0.15, -0.1) is 11.3 Å². The Kier molecular flexibility index (Phi) is 6.56. The molecule has 0 aliphatic heterocycles. The Morgan fingerprint density at radius 1 is 1.00 bits per heavy atom. The van der Waals surface area contributed by atoms with Crippen LogP contribution in [0.2, 0.25) is 10.0 Å². The van der Waals surface area contributed by atoms with Gasteiger partial charge >= 0.3 is 0 Å². The first-order valence-corrected chi connectivity index (χ1v) is 11.1. The third-order valence-corrected chi connectivity index (χ3v) is 5.87. The largest absolute Gasteiger partial charge is 0.484 e. The van der Waals surface area contributed by atoms with Crippen LogP contribution in [-0.4, -0.2) is 17.5 Å². The van der Waals surface area contributed by atoms with Gasteiger partial charge in [-0.2, -0.15) is 0 Å². The highest BCUT2D eigenvalue weighted by Gasteiger charge is 2.11. The molecule has 1 aromatic heterocycles. The maximum Gasteiger partial charge on any atom is 0.264 e. The molecule has 4 rings (SSSR count). The molecule has 0 bridgehead atoms. The molecule has 0 spiro atoms. The van der Waals surface area contributed by atoms with Gasteiger partial charge < -0.3 is 4.74 Å². The molecule has 1 N–H and O–H groups in total. The number of thiazole rings is 1. The van der Waals surface area contributed by atoms with Crippen LogP contribution in [0.25, 0.3) is 22.4 Å². The Balaban J connectivity index is 1.33. The first kappa shape index (κ1) is 21.4. The number of hydrogen-bond donors (Lipinski definition) is 1. The third-order valence-electron chi connectivity index (χ3n) is 4.57. The second kappa shape index (κ2) is 9.52. The summed E-state index contributed by atoms with van der Waals surface area (Å²) in [6, 6.07) is 21.2. The van der Waals surface area contributed by atoms with E-state index in [9.17, 15) is 4.79 Å². The zero-order valence-electron chi connectivity index (χ0n) is 16.6. The lowest BCUT2D eigenvalue weighted by Crippen LogP contribution is -2.20. The molecule has 0 saturated carbocycles. The number of rotatable bonds is 6. The van der Waals surface area contributed by atoms with Crippen molar-refractivity contribution in [3.8, 4) is 28.1 Å². The number of carbonyl (C=O) groups is 1.